The molecule has 9 nitrogen and oxygen atoms in total. The molecule has 1 aliphatic heterocycles. The van der Waals surface area contributed by atoms with Crippen LogP contribution in [0.2, 0.25) is 0 Å². The Morgan fingerprint density at radius 3 is 2.10 bits per heavy atom. The van der Waals surface area contributed by atoms with Crippen LogP contribution >= 0.6 is 0 Å². The van der Waals surface area contributed by atoms with Gasteiger partial charge < -0.3 is 10.6 Å². The van der Waals surface area contributed by atoms with Gasteiger partial charge in [-0.3, -0.25) is 4.79 Å². The number of alkyl halides is 6. The largest absolute Gasteiger partial charge is 0.416 e. The van der Waals surface area contributed by atoms with Crippen LogP contribution in [0.25, 0.3) is 23.2 Å². The lowest BCUT2D eigenvalue weighted by Gasteiger charge is -2.31. The summed E-state index contributed by atoms with van der Waals surface area (Å²) < 4.78 is 108. The van der Waals surface area contributed by atoms with Gasteiger partial charge in [0.15, 0.2) is 5.82 Å². The van der Waals surface area contributed by atoms with Crippen LogP contribution < -0.4 is 5.73 Å². The molecule has 4 rings (SSSR count). The van der Waals surface area contributed by atoms with E-state index in [1.807, 2.05) is 11.9 Å². The SMILES string of the molecule is CN1CCN(S(=O)(=O)c2cccc(/C(=C\n3cnc(-c4cc(C(F)(F)F)cc(C(F)(F)F)c4)n3)C(N)=O)c2)CC1. The Morgan fingerprint density at radius 1 is 0.950 bits per heavy atom. The van der Waals surface area contributed by atoms with Crippen molar-refractivity contribution >= 4 is 27.7 Å². The van der Waals surface area contributed by atoms with E-state index in [1.165, 1.54) is 28.6 Å². The second kappa shape index (κ2) is 10.7. The number of primary amides is 1. The molecule has 3 aromatic rings. The highest BCUT2D eigenvalue weighted by molar-refractivity contribution is 7.89. The number of sulfonamides is 1. The summed E-state index contributed by atoms with van der Waals surface area (Å²) in [6, 6.07) is 6.35. The Kier molecular flexibility index (Phi) is 7.79. The van der Waals surface area contributed by atoms with Gasteiger partial charge in [0, 0.05) is 37.9 Å². The van der Waals surface area contributed by atoms with Gasteiger partial charge in [-0.15, -0.1) is 5.10 Å². The molecule has 214 valence electrons. The first-order valence-corrected chi connectivity index (χ1v) is 13.0. The van der Waals surface area contributed by atoms with E-state index in [4.69, 9.17) is 5.73 Å². The minimum atomic E-state index is -5.06. The zero-order chi connectivity index (χ0) is 29.5. The lowest BCUT2D eigenvalue weighted by atomic mass is 10.0. The molecule has 0 atom stereocenters. The molecule has 2 aromatic carbocycles. The quantitative estimate of drug-likeness (QED) is 0.349. The molecule has 16 heteroatoms. The van der Waals surface area contributed by atoms with Crippen LogP contribution in [-0.2, 0) is 27.2 Å². The van der Waals surface area contributed by atoms with Crippen molar-refractivity contribution in [1.82, 2.24) is 24.0 Å². The van der Waals surface area contributed by atoms with E-state index in [1.54, 1.807) is 0 Å². The molecular weight excluding hydrogens is 566 g/mol. The number of hydrogen-bond donors (Lipinski definition) is 1. The maximum absolute atomic E-state index is 13.2. The van der Waals surface area contributed by atoms with Gasteiger partial charge >= 0.3 is 12.4 Å². The number of aromatic nitrogens is 3. The predicted octanol–water partition coefficient (Wildman–Crippen LogP) is 3.40. The summed E-state index contributed by atoms with van der Waals surface area (Å²) >= 11 is 0. The summed E-state index contributed by atoms with van der Waals surface area (Å²) in [5.74, 6) is -1.48. The lowest BCUT2D eigenvalue weighted by Crippen LogP contribution is -2.47. The highest BCUT2D eigenvalue weighted by Crippen LogP contribution is 2.38. The van der Waals surface area contributed by atoms with Crippen molar-refractivity contribution < 1.29 is 39.6 Å². The molecule has 0 spiro atoms. The first-order valence-electron chi connectivity index (χ1n) is 11.6. The van der Waals surface area contributed by atoms with E-state index in [-0.39, 0.29) is 35.2 Å². The van der Waals surface area contributed by atoms with E-state index < -0.39 is 50.8 Å². The number of hydrogen-bond acceptors (Lipinski definition) is 6. The number of nitrogens with zero attached hydrogens (tertiary/aromatic N) is 5. The van der Waals surface area contributed by atoms with E-state index in [2.05, 4.69) is 10.1 Å². The second-order valence-corrected chi connectivity index (χ2v) is 10.9. The summed E-state index contributed by atoms with van der Waals surface area (Å²) in [4.78, 5) is 17.9. The van der Waals surface area contributed by atoms with Crippen LogP contribution in [0.3, 0.4) is 0 Å². The number of nitrogens with two attached hydrogens (primary N) is 1. The van der Waals surface area contributed by atoms with Crippen LogP contribution in [0.15, 0.2) is 53.7 Å². The highest BCUT2D eigenvalue weighted by Gasteiger charge is 2.37. The van der Waals surface area contributed by atoms with Crippen molar-refractivity contribution in [2.24, 2.45) is 5.73 Å². The Labute approximate surface area is 224 Å². The van der Waals surface area contributed by atoms with Crippen molar-refractivity contribution in [2.75, 3.05) is 33.2 Å². The first-order chi connectivity index (χ1) is 18.6. The van der Waals surface area contributed by atoms with Gasteiger partial charge in [-0.05, 0) is 42.9 Å². The van der Waals surface area contributed by atoms with Crippen LogP contribution in [0.4, 0.5) is 26.3 Å². The first kappa shape index (κ1) is 29.2. The summed E-state index contributed by atoms with van der Waals surface area (Å²) in [7, 11) is -2.03. The maximum Gasteiger partial charge on any atom is 0.416 e. The summed E-state index contributed by atoms with van der Waals surface area (Å²) in [5.41, 5.74) is 1.73. The Balaban J connectivity index is 1.70. The number of benzene rings is 2. The zero-order valence-electron chi connectivity index (χ0n) is 20.7. The third kappa shape index (κ3) is 6.34. The Morgan fingerprint density at radius 2 is 1.55 bits per heavy atom. The van der Waals surface area contributed by atoms with Crippen molar-refractivity contribution in [3.8, 4) is 11.4 Å². The van der Waals surface area contributed by atoms with Crippen LogP contribution in [0.1, 0.15) is 16.7 Å². The molecular formula is C24H22F6N6O3S. The number of carbonyl (C=O) groups excluding carboxylic acids is 1. The van der Waals surface area contributed by atoms with Gasteiger partial charge in [0.2, 0.25) is 10.0 Å². The van der Waals surface area contributed by atoms with Crippen molar-refractivity contribution in [2.45, 2.75) is 17.2 Å². The summed E-state index contributed by atoms with van der Waals surface area (Å²) in [6.45, 7) is 1.62. The molecule has 0 aliphatic carbocycles. The van der Waals surface area contributed by atoms with Gasteiger partial charge in [0.1, 0.15) is 6.33 Å². The van der Waals surface area contributed by atoms with Crippen molar-refractivity contribution in [1.29, 1.82) is 0 Å². The fraction of sp³-hybridized carbons (Fsp3) is 0.292. The number of piperazine rings is 1. The van der Waals surface area contributed by atoms with Gasteiger partial charge in [-0.1, -0.05) is 12.1 Å². The van der Waals surface area contributed by atoms with E-state index in [0.717, 1.165) is 17.2 Å². The normalized spacial score (nSPS) is 16.3. The van der Waals surface area contributed by atoms with Crippen molar-refractivity contribution in [3.05, 3.63) is 65.5 Å². The summed E-state index contributed by atoms with van der Waals surface area (Å²) in [6.07, 6.45) is -8.13. The smallest absolute Gasteiger partial charge is 0.366 e. The molecule has 0 radical (unpaired) electrons. The minimum Gasteiger partial charge on any atom is -0.366 e. The Hall–Kier alpha value is -3.76. The molecule has 2 heterocycles. The van der Waals surface area contributed by atoms with Gasteiger partial charge in [-0.25, -0.2) is 18.1 Å². The van der Waals surface area contributed by atoms with E-state index in [9.17, 15) is 39.6 Å². The number of likely N-dealkylation sites (N-methyl/N-ethyl adjacent to an activating group) is 1. The number of rotatable bonds is 6. The molecule has 1 saturated heterocycles. The standard InChI is InChI=1S/C24H22F6N6O3S/c1-34-5-7-36(8-6-34)40(38,39)19-4-2-3-15(11-19)20(21(31)37)13-35-14-32-22(33-35)16-9-17(23(25,26)27)12-18(10-16)24(28,29)30/h2-4,9-14H,5-8H2,1H3,(H2,31,37)/b20-13+. The number of carbonyl (C=O) groups is 1. The molecule has 1 fully saturated rings. The van der Waals surface area contributed by atoms with Crippen molar-refractivity contribution in [3.63, 3.8) is 0 Å². The Bertz CT molecular complexity index is 1530. The highest BCUT2D eigenvalue weighted by atomic mass is 32.2. The number of amides is 1. The molecule has 0 bridgehead atoms. The third-order valence-electron chi connectivity index (χ3n) is 6.13. The average molecular weight is 589 g/mol. The van der Waals surface area contributed by atoms with Crippen LogP contribution in [0.5, 0.6) is 0 Å². The predicted molar refractivity (Wildman–Crippen MR) is 132 cm³/mol. The second-order valence-electron chi connectivity index (χ2n) is 8.98. The van der Waals surface area contributed by atoms with Gasteiger partial charge in [0.05, 0.1) is 21.6 Å². The van der Waals surface area contributed by atoms with E-state index >= 15 is 0 Å². The topological polar surface area (TPSA) is 114 Å². The van der Waals surface area contributed by atoms with Gasteiger partial charge in [-0.2, -0.15) is 30.6 Å². The molecule has 1 aromatic heterocycles. The maximum atomic E-state index is 13.2. The van der Waals surface area contributed by atoms with Crippen LogP contribution in [0, 0.1) is 0 Å². The lowest BCUT2D eigenvalue weighted by molar-refractivity contribution is -0.143. The zero-order valence-corrected chi connectivity index (χ0v) is 21.6. The molecule has 1 aliphatic rings. The molecule has 0 saturated carbocycles. The van der Waals surface area contributed by atoms with E-state index in [0.29, 0.717) is 25.2 Å². The average Bonchev–Trinajstić information content (AvgIpc) is 3.35. The fourth-order valence-electron chi connectivity index (χ4n) is 3.97. The fourth-order valence-corrected chi connectivity index (χ4v) is 5.44. The molecule has 1 amide bonds. The van der Waals surface area contributed by atoms with Crippen LogP contribution in [-0.4, -0.2) is 71.5 Å². The molecule has 2 N–H and O–H groups in total. The minimum absolute atomic E-state index is 0.0191. The monoisotopic (exact) mass is 588 g/mol. The number of halogens is 6. The summed E-state index contributed by atoms with van der Waals surface area (Å²) in [5, 5.41) is 3.88. The third-order valence-corrected chi connectivity index (χ3v) is 8.02. The van der Waals surface area contributed by atoms with Gasteiger partial charge in [0.25, 0.3) is 5.91 Å². The molecule has 0 unspecified atom stereocenters. The molecule has 40 heavy (non-hydrogen) atoms.